The molecule has 136 valence electrons. The van der Waals surface area contributed by atoms with Crippen LogP contribution in [0.2, 0.25) is 5.02 Å². The molecule has 0 radical (unpaired) electrons. The molecule has 1 fully saturated rings. The molecule has 6 nitrogen and oxygen atoms in total. The number of halogens is 2. The molecule has 1 aromatic carbocycles. The van der Waals surface area contributed by atoms with Gasteiger partial charge in [0.25, 0.3) is 0 Å². The molecular formula is C16H19ClFN3O3S. The molecule has 1 saturated heterocycles. The highest BCUT2D eigenvalue weighted by molar-refractivity contribution is 7.88. The van der Waals surface area contributed by atoms with Gasteiger partial charge in [0.2, 0.25) is 10.0 Å². The molecule has 1 aromatic heterocycles. The second kappa shape index (κ2) is 7.03. The van der Waals surface area contributed by atoms with Gasteiger partial charge in [-0.05, 0) is 23.3 Å². The fourth-order valence-electron chi connectivity index (χ4n) is 3.18. The van der Waals surface area contributed by atoms with Crippen LogP contribution in [-0.4, -0.2) is 47.3 Å². The Bertz CT molecular complexity index is 871. The largest absolute Gasteiger partial charge is 0.396 e. The molecule has 0 saturated carbocycles. The molecular weight excluding hydrogens is 369 g/mol. The van der Waals surface area contributed by atoms with Gasteiger partial charge in [-0.1, -0.05) is 17.7 Å². The highest BCUT2D eigenvalue weighted by Gasteiger charge is 2.39. The van der Waals surface area contributed by atoms with Gasteiger partial charge in [-0.15, -0.1) is 0 Å². The molecule has 1 aliphatic heterocycles. The summed E-state index contributed by atoms with van der Waals surface area (Å²) in [4.78, 5) is 0. The van der Waals surface area contributed by atoms with Crippen LogP contribution >= 0.6 is 11.6 Å². The number of aliphatic hydroxyl groups is 1. The van der Waals surface area contributed by atoms with Crippen molar-refractivity contribution in [2.45, 2.75) is 11.7 Å². The van der Waals surface area contributed by atoms with E-state index in [0.29, 0.717) is 5.56 Å². The number of hydrogen-bond donors (Lipinski definition) is 1. The van der Waals surface area contributed by atoms with Crippen LogP contribution in [0.4, 0.5) is 4.39 Å². The van der Waals surface area contributed by atoms with Gasteiger partial charge < -0.3 is 5.11 Å². The average Bonchev–Trinajstić information content (AvgIpc) is 3.16. The second-order valence-corrected chi connectivity index (χ2v) is 8.69. The van der Waals surface area contributed by atoms with E-state index in [1.165, 1.54) is 16.4 Å². The van der Waals surface area contributed by atoms with Crippen molar-refractivity contribution in [3.63, 3.8) is 0 Å². The number of rotatable bonds is 5. The third kappa shape index (κ3) is 3.87. The molecule has 2 aromatic rings. The minimum Gasteiger partial charge on any atom is -0.396 e. The van der Waals surface area contributed by atoms with Gasteiger partial charge in [-0.2, -0.15) is 5.10 Å². The van der Waals surface area contributed by atoms with Gasteiger partial charge in [0.15, 0.2) is 0 Å². The zero-order valence-corrected chi connectivity index (χ0v) is 15.2. The van der Waals surface area contributed by atoms with Gasteiger partial charge >= 0.3 is 0 Å². The molecule has 9 heteroatoms. The Morgan fingerprint density at radius 1 is 1.40 bits per heavy atom. The predicted molar refractivity (Wildman–Crippen MR) is 92.1 cm³/mol. The summed E-state index contributed by atoms with van der Waals surface area (Å²) in [6.07, 6.45) is 3.53. The topological polar surface area (TPSA) is 75.4 Å². The first kappa shape index (κ1) is 18.3. The highest BCUT2D eigenvalue weighted by atomic mass is 35.5. The molecule has 0 bridgehead atoms. The van der Waals surface area contributed by atoms with Gasteiger partial charge in [0, 0.05) is 44.8 Å². The van der Waals surface area contributed by atoms with Crippen molar-refractivity contribution in [2.75, 3.05) is 19.7 Å². The average molecular weight is 388 g/mol. The third-order valence-electron chi connectivity index (χ3n) is 4.52. The summed E-state index contributed by atoms with van der Waals surface area (Å²) in [5.74, 6) is -1.13. The lowest BCUT2D eigenvalue weighted by atomic mass is 9.92. The van der Waals surface area contributed by atoms with Crippen molar-refractivity contribution < 1.29 is 17.9 Å². The number of aromatic nitrogens is 2. The first-order valence-electron chi connectivity index (χ1n) is 7.81. The normalized spacial score (nSPS) is 21.8. The molecule has 1 aliphatic rings. The van der Waals surface area contributed by atoms with E-state index in [2.05, 4.69) is 5.10 Å². The van der Waals surface area contributed by atoms with Crippen molar-refractivity contribution in [1.82, 2.24) is 14.1 Å². The van der Waals surface area contributed by atoms with Crippen molar-refractivity contribution in [3.05, 3.63) is 52.6 Å². The Morgan fingerprint density at radius 3 is 2.76 bits per heavy atom. The van der Waals surface area contributed by atoms with Crippen LogP contribution in [0.15, 0.2) is 30.6 Å². The number of benzene rings is 1. The van der Waals surface area contributed by atoms with Crippen LogP contribution in [0, 0.1) is 11.7 Å². The smallest absolute Gasteiger partial charge is 0.218 e. The minimum absolute atomic E-state index is 0.101. The summed E-state index contributed by atoms with van der Waals surface area (Å²) >= 11 is 5.73. The Hall–Kier alpha value is -1.48. The fourth-order valence-corrected chi connectivity index (χ4v) is 4.98. The van der Waals surface area contributed by atoms with E-state index in [1.807, 2.05) is 6.20 Å². The van der Waals surface area contributed by atoms with Crippen LogP contribution in [0.25, 0.3) is 0 Å². The van der Waals surface area contributed by atoms with E-state index in [0.717, 1.165) is 11.6 Å². The lowest BCUT2D eigenvalue weighted by Crippen LogP contribution is -2.30. The summed E-state index contributed by atoms with van der Waals surface area (Å²) in [5, 5.41) is 13.7. The molecule has 2 atom stereocenters. The number of hydrogen-bond acceptors (Lipinski definition) is 4. The van der Waals surface area contributed by atoms with Gasteiger partial charge in [0.05, 0.1) is 17.0 Å². The fraction of sp³-hybridized carbons (Fsp3) is 0.438. The van der Waals surface area contributed by atoms with Crippen LogP contribution in [-0.2, 0) is 22.8 Å². The van der Waals surface area contributed by atoms with Gasteiger partial charge in [0.1, 0.15) is 5.82 Å². The number of sulfonamides is 1. The number of nitrogens with zero attached hydrogens (tertiary/aromatic N) is 3. The highest BCUT2D eigenvalue weighted by Crippen LogP contribution is 2.34. The molecule has 1 N–H and O–H groups in total. The standard InChI is InChI=1S/C16H19ClFN3O3S/c1-20-6-12(5-19-20)14-8-21(7-13(14)9-22)25(23,24)10-11-2-3-16(18)15(17)4-11/h2-6,13-14,22H,7-10H2,1H3/t13-,14-/m0/s1. The van der Waals surface area contributed by atoms with Gasteiger partial charge in [-0.25, -0.2) is 17.1 Å². The maximum atomic E-state index is 13.2. The van der Waals surface area contributed by atoms with E-state index < -0.39 is 15.8 Å². The second-order valence-electron chi connectivity index (χ2n) is 6.32. The maximum absolute atomic E-state index is 13.2. The van der Waals surface area contributed by atoms with Crippen molar-refractivity contribution in [2.24, 2.45) is 13.0 Å². The Labute approximate surface area is 150 Å². The lowest BCUT2D eigenvalue weighted by molar-refractivity contribution is 0.223. The van der Waals surface area contributed by atoms with E-state index >= 15 is 0 Å². The van der Waals surface area contributed by atoms with Crippen LogP contribution < -0.4 is 0 Å². The molecule has 25 heavy (non-hydrogen) atoms. The van der Waals surface area contributed by atoms with E-state index in [-0.39, 0.29) is 42.3 Å². The summed E-state index contributed by atoms with van der Waals surface area (Å²) < 4.78 is 41.7. The Kier molecular flexibility index (Phi) is 5.15. The van der Waals surface area contributed by atoms with Crippen molar-refractivity contribution in [3.8, 4) is 0 Å². The van der Waals surface area contributed by atoms with Gasteiger partial charge in [-0.3, -0.25) is 4.68 Å². The predicted octanol–water partition coefficient (Wildman–Crippen LogP) is 1.75. The first-order chi connectivity index (χ1) is 11.8. The minimum atomic E-state index is -3.61. The van der Waals surface area contributed by atoms with Crippen molar-refractivity contribution >= 4 is 21.6 Å². The van der Waals surface area contributed by atoms with E-state index in [9.17, 15) is 17.9 Å². The molecule has 0 spiro atoms. The number of aryl methyl sites for hydroxylation is 1. The lowest BCUT2D eigenvalue weighted by Gasteiger charge is -2.16. The van der Waals surface area contributed by atoms with E-state index in [4.69, 9.17) is 11.6 Å². The molecule has 0 unspecified atom stereocenters. The van der Waals surface area contributed by atoms with Crippen LogP contribution in [0.5, 0.6) is 0 Å². The maximum Gasteiger partial charge on any atom is 0.218 e. The third-order valence-corrected chi connectivity index (χ3v) is 6.59. The zero-order valence-electron chi connectivity index (χ0n) is 13.6. The van der Waals surface area contributed by atoms with Crippen LogP contribution in [0.1, 0.15) is 17.0 Å². The number of aliphatic hydroxyl groups excluding tert-OH is 1. The SMILES string of the molecule is Cn1cc([C@@H]2CN(S(=O)(=O)Cc3ccc(F)c(Cl)c3)C[C@H]2CO)cn1. The molecule has 2 heterocycles. The molecule has 3 rings (SSSR count). The summed E-state index contributed by atoms with van der Waals surface area (Å²) in [6, 6.07) is 3.90. The van der Waals surface area contributed by atoms with Crippen molar-refractivity contribution in [1.29, 1.82) is 0 Å². The molecule has 0 aliphatic carbocycles. The Morgan fingerprint density at radius 2 is 2.16 bits per heavy atom. The first-order valence-corrected chi connectivity index (χ1v) is 9.80. The summed E-state index contributed by atoms with van der Waals surface area (Å²) in [6.45, 7) is 0.426. The summed E-state index contributed by atoms with van der Waals surface area (Å²) in [5.41, 5.74) is 1.33. The molecule has 0 amide bonds. The monoisotopic (exact) mass is 387 g/mol. The van der Waals surface area contributed by atoms with E-state index in [1.54, 1.807) is 17.9 Å². The zero-order chi connectivity index (χ0) is 18.2. The quantitative estimate of drug-likeness (QED) is 0.848. The Balaban J connectivity index is 1.79. The summed E-state index contributed by atoms with van der Waals surface area (Å²) in [7, 11) is -1.81. The van der Waals surface area contributed by atoms with Crippen LogP contribution in [0.3, 0.4) is 0 Å².